The first-order valence-electron chi connectivity index (χ1n) is 11.4. The second-order valence-corrected chi connectivity index (χ2v) is 8.60. The number of piperidine rings is 2. The lowest BCUT2D eigenvalue weighted by molar-refractivity contribution is -0.383. The summed E-state index contributed by atoms with van der Waals surface area (Å²) in [5, 5.41) is 15.1. The Balaban J connectivity index is 1.37. The van der Waals surface area contributed by atoms with E-state index in [4.69, 9.17) is 0 Å². The normalized spacial score (nSPS) is 18.1. The van der Waals surface area contributed by atoms with Crippen LogP contribution in [0.3, 0.4) is 0 Å². The number of hydrogen-bond acceptors (Lipinski definition) is 7. The van der Waals surface area contributed by atoms with Crippen molar-refractivity contribution in [1.29, 1.82) is 0 Å². The van der Waals surface area contributed by atoms with Crippen molar-refractivity contribution >= 4 is 17.3 Å². The van der Waals surface area contributed by atoms with Gasteiger partial charge in [0.2, 0.25) is 11.6 Å². The highest BCUT2D eigenvalue weighted by Crippen LogP contribution is 2.34. The molecule has 166 valence electrons. The monoisotopic (exact) mass is 424 g/mol. The molecule has 0 atom stereocenters. The highest BCUT2D eigenvalue weighted by molar-refractivity contribution is 5.70. The van der Waals surface area contributed by atoms with Gasteiger partial charge in [-0.25, -0.2) is 9.97 Å². The van der Waals surface area contributed by atoms with Crippen LogP contribution in [0.1, 0.15) is 37.7 Å². The van der Waals surface area contributed by atoms with Gasteiger partial charge in [-0.1, -0.05) is 36.8 Å². The highest BCUT2D eigenvalue weighted by atomic mass is 16.6. The molecule has 0 spiro atoms. The van der Waals surface area contributed by atoms with Gasteiger partial charge in [-0.15, -0.1) is 0 Å². The third-order valence-corrected chi connectivity index (χ3v) is 6.44. The molecule has 2 aromatic rings. The first-order chi connectivity index (χ1) is 15.2. The van der Waals surface area contributed by atoms with Crippen LogP contribution in [0.2, 0.25) is 0 Å². The van der Waals surface area contributed by atoms with Crippen molar-refractivity contribution in [3.8, 4) is 0 Å². The van der Waals surface area contributed by atoms with Crippen LogP contribution < -0.4 is 10.2 Å². The topological polar surface area (TPSA) is 87.4 Å². The van der Waals surface area contributed by atoms with Crippen LogP contribution in [0.15, 0.2) is 36.7 Å². The van der Waals surface area contributed by atoms with E-state index in [-0.39, 0.29) is 10.6 Å². The summed E-state index contributed by atoms with van der Waals surface area (Å²) >= 11 is 0. The van der Waals surface area contributed by atoms with E-state index in [1.54, 1.807) is 0 Å². The van der Waals surface area contributed by atoms with Crippen molar-refractivity contribution < 1.29 is 4.92 Å². The minimum Gasteiger partial charge on any atom is -0.363 e. The molecule has 8 heteroatoms. The van der Waals surface area contributed by atoms with Gasteiger partial charge in [0.1, 0.15) is 6.33 Å². The van der Waals surface area contributed by atoms with Gasteiger partial charge in [-0.05, 0) is 56.7 Å². The molecule has 0 saturated carbocycles. The summed E-state index contributed by atoms with van der Waals surface area (Å²) in [6.07, 6.45) is 8.29. The summed E-state index contributed by atoms with van der Waals surface area (Å²) in [5.74, 6) is 1.37. The molecule has 2 aliphatic rings. The van der Waals surface area contributed by atoms with Crippen molar-refractivity contribution in [2.45, 2.75) is 38.5 Å². The zero-order chi connectivity index (χ0) is 21.5. The molecule has 0 amide bonds. The molecule has 8 nitrogen and oxygen atoms in total. The van der Waals surface area contributed by atoms with Gasteiger partial charge in [0, 0.05) is 26.2 Å². The Kier molecular flexibility index (Phi) is 7.30. The van der Waals surface area contributed by atoms with Gasteiger partial charge in [0.15, 0.2) is 0 Å². The standard InChI is InChI=1S/C23H32N6O2/c30-29(31)21-22(24-11-16-27-12-5-2-6-13-27)25-18-26-23(21)28-14-9-20(10-15-28)17-19-7-3-1-4-8-19/h1,3-4,7-8,18,20H,2,5-6,9-17H2,(H,24,25,26). The van der Waals surface area contributed by atoms with Crippen molar-refractivity contribution in [2.24, 2.45) is 5.92 Å². The van der Waals surface area contributed by atoms with Gasteiger partial charge < -0.3 is 15.1 Å². The Labute approximate surface area is 183 Å². The quantitative estimate of drug-likeness (QED) is 0.510. The average Bonchev–Trinajstić information content (AvgIpc) is 2.81. The predicted octanol–water partition coefficient (Wildman–Crippen LogP) is 3.74. The summed E-state index contributed by atoms with van der Waals surface area (Å²) in [6.45, 7) is 5.30. The molecule has 31 heavy (non-hydrogen) atoms. The van der Waals surface area contributed by atoms with E-state index < -0.39 is 0 Å². The molecule has 1 aromatic heterocycles. The summed E-state index contributed by atoms with van der Waals surface area (Å²) in [6, 6.07) is 10.5. The Bertz CT molecular complexity index is 848. The van der Waals surface area contributed by atoms with Crippen molar-refractivity contribution in [1.82, 2.24) is 14.9 Å². The number of aromatic nitrogens is 2. The second-order valence-electron chi connectivity index (χ2n) is 8.60. The second kappa shape index (κ2) is 10.5. The van der Waals surface area contributed by atoms with Crippen LogP contribution in [0.5, 0.6) is 0 Å². The molecule has 3 heterocycles. The van der Waals surface area contributed by atoms with Gasteiger partial charge in [-0.3, -0.25) is 10.1 Å². The Morgan fingerprint density at radius 1 is 1.03 bits per heavy atom. The van der Waals surface area contributed by atoms with Gasteiger partial charge >= 0.3 is 5.69 Å². The van der Waals surface area contributed by atoms with Crippen molar-refractivity contribution in [3.05, 3.63) is 52.3 Å². The fourth-order valence-electron chi connectivity index (χ4n) is 4.71. The SMILES string of the molecule is O=[N+]([O-])c1c(NCCN2CCCCC2)ncnc1N1CCC(Cc2ccccc2)CC1. The molecular weight excluding hydrogens is 392 g/mol. The summed E-state index contributed by atoms with van der Waals surface area (Å²) in [7, 11) is 0. The van der Waals surface area contributed by atoms with E-state index >= 15 is 0 Å². The first kappa shape index (κ1) is 21.5. The molecule has 0 aliphatic carbocycles. The summed E-state index contributed by atoms with van der Waals surface area (Å²) < 4.78 is 0. The van der Waals surface area contributed by atoms with Crippen molar-refractivity contribution in [2.75, 3.05) is 49.5 Å². The maximum absolute atomic E-state index is 11.9. The van der Waals surface area contributed by atoms with Crippen LogP contribution in [0.25, 0.3) is 0 Å². The fraction of sp³-hybridized carbons (Fsp3) is 0.565. The summed E-state index contributed by atoms with van der Waals surface area (Å²) in [4.78, 5) is 24.5. The minimum atomic E-state index is -0.339. The Morgan fingerprint density at radius 2 is 1.77 bits per heavy atom. The lowest BCUT2D eigenvalue weighted by Gasteiger charge is -2.32. The van der Waals surface area contributed by atoms with E-state index in [0.29, 0.717) is 24.1 Å². The van der Waals surface area contributed by atoms with E-state index in [0.717, 1.165) is 52.0 Å². The van der Waals surface area contributed by atoms with E-state index in [2.05, 4.69) is 49.4 Å². The van der Waals surface area contributed by atoms with Crippen molar-refractivity contribution in [3.63, 3.8) is 0 Å². The third-order valence-electron chi connectivity index (χ3n) is 6.44. The number of nitrogens with one attached hydrogen (secondary N) is 1. The molecular formula is C23H32N6O2. The smallest absolute Gasteiger partial charge is 0.353 e. The Morgan fingerprint density at radius 3 is 2.48 bits per heavy atom. The number of nitro groups is 1. The largest absolute Gasteiger partial charge is 0.363 e. The maximum atomic E-state index is 11.9. The third kappa shape index (κ3) is 5.70. The molecule has 1 aromatic carbocycles. The zero-order valence-electron chi connectivity index (χ0n) is 18.1. The lowest BCUT2D eigenvalue weighted by atomic mass is 9.90. The van der Waals surface area contributed by atoms with E-state index in [1.165, 1.54) is 31.2 Å². The van der Waals surface area contributed by atoms with Crippen LogP contribution in [-0.2, 0) is 6.42 Å². The Hall–Kier alpha value is -2.74. The maximum Gasteiger partial charge on any atom is 0.353 e. The lowest BCUT2D eigenvalue weighted by Crippen LogP contribution is -2.36. The fourth-order valence-corrected chi connectivity index (χ4v) is 4.71. The number of likely N-dealkylation sites (tertiary alicyclic amines) is 1. The van der Waals surface area contributed by atoms with Gasteiger partial charge in [-0.2, -0.15) is 0 Å². The number of anilines is 2. The van der Waals surface area contributed by atoms with E-state index in [9.17, 15) is 10.1 Å². The first-order valence-corrected chi connectivity index (χ1v) is 11.4. The van der Waals surface area contributed by atoms with E-state index in [1.807, 2.05) is 6.07 Å². The molecule has 0 bridgehead atoms. The molecule has 4 rings (SSSR count). The average molecular weight is 425 g/mol. The molecule has 2 saturated heterocycles. The number of hydrogen-bond donors (Lipinski definition) is 1. The van der Waals surface area contributed by atoms with Crippen LogP contribution >= 0.6 is 0 Å². The van der Waals surface area contributed by atoms with Crippen LogP contribution in [-0.4, -0.2) is 59.1 Å². The van der Waals surface area contributed by atoms with Crippen LogP contribution in [0, 0.1) is 16.0 Å². The van der Waals surface area contributed by atoms with Gasteiger partial charge in [0.25, 0.3) is 0 Å². The van der Waals surface area contributed by atoms with Crippen LogP contribution in [0.4, 0.5) is 17.3 Å². The number of benzene rings is 1. The van der Waals surface area contributed by atoms with Gasteiger partial charge in [0.05, 0.1) is 4.92 Å². The highest BCUT2D eigenvalue weighted by Gasteiger charge is 2.29. The molecule has 0 unspecified atom stereocenters. The predicted molar refractivity (Wildman–Crippen MR) is 123 cm³/mol. The molecule has 2 aliphatic heterocycles. The number of rotatable bonds is 8. The molecule has 1 N–H and O–H groups in total. The minimum absolute atomic E-state index is 0.00246. The molecule has 2 fully saturated rings. The molecule has 0 radical (unpaired) electrons. The zero-order valence-corrected chi connectivity index (χ0v) is 18.1. The number of nitrogens with zero attached hydrogens (tertiary/aromatic N) is 5. The summed E-state index contributed by atoms with van der Waals surface area (Å²) in [5.41, 5.74) is 1.36.